The maximum atomic E-state index is 10.9. The lowest BCUT2D eigenvalue weighted by Crippen LogP contribution is -2.29. The van der Waals surface area contributed by atoms with Gasteiger partial charge < -0.3 is 15.6 Å². The Balaban J connectivity index is 2.35. The van der Waals surface area contributed by atoms with Gasteiger partial charge in [-0.3, -0.25) is 0 Å². The fourth-order valence-electron chi connectivity index (χ4n) is 1.28. The molecule has 0 saturated heterocycles. The molecule has 0 aliphatic carbocycles. The summed E-state index contributed by atoms with van der Waals surface area (Å²) in [4.78, 5) is 18.4. The highest BCUT2D eigenvalue weighted by atomic mass is 16.2. The fraction of sp³-hybridized carbons (Fsp3) is 0.286. The zero-order valence-corrected chi connectivity index (χ0v) is 7.06. The highest BCUT2D eigenvalue weighted by Gasteiger charge is 2.26. The number of nitrogens with one attached hydrogen (secondary N) is 1. The molecule has 1 aliphatic heterocycles. The van der Waals surface area contributed by atoms with Gasteiger partial charge in [-0.1, -0.05) is 0 Å². The Bertz CT molecular complexity index is 380. The Kier molecular flexibility index (Phi) is 1.54. The van der Waals surface area contributed by atoms with Crippen molar-refractivity contribution in [3.05, 3.63) is 18.2 Å². The molecule has 1 aliphatic rings. The minimum Gasteiger partial charge on any atom is -0.385 e. The average molecular weight is 179 g/mol. The van der Waals surface area contributed by atoms with Crippen molar-refractivity contribution in [3.8, 4) is 0 Å². The fourth-order valence-corrected chi connectivity index (χ4v) is 1.28. The maximum Gasteiger partial charge on any atom is 0.343 e. The second-order valence-corrected chi connectivity index (χ2v) is 2.85. The van der Waals surface area contributed by atoms with E-state index in [1.807, 2.05) is 7.05 Å². The first kappa shape index (κ1) is 7.78. The first-order valence-corrected chi connectivity index (χ1v) is 3.79. The molecule has 0 saturated carbocycles. The zero-order chi connectivity index (χ0) is 9.42. The number of carbonyl (C=O) groups excluding carboxylic acids is 1. The van der Waals surface area contributed by atoms with Crippen molar-refractivity contribution in [1.29, 1.82) is 0 Å². The summed E-state index contributed by atoms with van der Waals surface area (Å²) in [6.45, 7) is 0. The largest absolute Gasteiger partial charge is 0.385 e. The van der Waals surface area contributed by atoms with E-state index < -0.39 is 6.03 Å². The Labute approximate surface area is 74.5 Å². The van der Waals surface area contributed by atoms with Crippen LogP contribution in [0.4, 0.5) is 4.79 Å². The van der Waals surface area contributed by atoms with Crippen LogP contribution in [-0.2, 0) is 7.05 Å². The molecule has 0 fully saturated rings. The molecule has 2 heterocycles. The number of hydrogen-bond acceptors (Lipinski definition) is 3. The molecule has 0 radical (unpaired) electrons. The van der Waals surface area contributed by atoms with Crippen molar-refractivity contribution in [2.24, 2.45) is 17.8 Å². The monoisotopic (exact) mass is 179 g/mol. The second kappa shape index (κ2) is 2.58. The lowest BCUT2D eigenvalue weighted by atomic mass is 10.2. The predicted molar refractivity (Wildman–Crippen MR) is 46.1 cm³/mol. The molecule has 2 rings (SSSR count). The number of aryl methyl sites for hydroxylation is 1. The van der Waals surface area contributed by atoms with E-state index in [2.05, 4.69) is 15.3 Å². The summed E-state index contributed by atoms with van der Waals surface area (Å²) < 4.78 is 1.79. The number of carbonyl (C=O) groups is 1. The lowest BCUT2D eigenvalue weighted by Gasteiger charge is -2.10. The normalized spacial score (nSPS) is 21.5. The van der Waals surface area contributed by atoms with E-state index >= 15 is 0 Å². The molecule has 0 aromatic carbocycles. The number of amidine groups is 1. The van der Waals surface area contributed by atoms with Crippen molar-refractivity contribution in [2.45, 2.75) is 6.04 Å². The molecule has 6 nitrogen and oxygen atoms in total. The molecule has 0 spiro atoms. The average Bonchev–Trinajstić information content (AvgIpc) is 2.58. The van der Waals surface area contributed by atoms with Crippen molar-refractivity contribution in [1.82, 2.24) is 14.9 Å². The number of aliphatic imine (C=N–C) groups is 1. The van der Waals surface area contributed by atoms with E-state index in [-0.39, 0.29) is 11.9 Å². The third kappa shape index (κ3) is 1.16. The molecule has 68 valence electrons. The zero-order valence-electron chi connectivity index (χ0n) is 7.06. The number of urea groups is 1. The van der Waals surface area contributed by atoms with Crippen LogP contribution in [0.15, 0.2) is 17.5 Å². The SMILES string of the molecule is Cn1cncc1C1NC(=O)N=C1N. The van der Waals surface area contributed by atoms with Crippen LogP contribution in [0, 0.1) is 0 Å². The second-order valence-electron chi connectivity index (χ2n) is 2.85. The molecule has 13 heavy (non-hydrogen) atoms. The number of rotatable bonds is 1. The summed E-state index contributed by atoms with van der Waals surface area (Å²) in [7, 11) is 1.83. The number of nitrogens with zero attached hydrogens (tertiary/aromatic N) is 3. The standard InChI is InChI=1S/C7H9N5O/c1-12-3-9-2-4(12)5-6(8)11-7(13)10-5/h2-3,5H,1H3,(H3,8,10,11,13). The molecule has 3 N–H and O–H groups in total. The van der Waals surface area contributed by atoms with Crippen LogP contribution in [0.25, 0.3) is 0 Å². The highest BCUT2D eigenvalue weighted by molar-refractivity contribution is 6.03. The van der Waals surface area contributed by atoms with Gasteiger partial charge in [0.2, 0.25) is 0 Å². The molecule has 1 unspecified atom stereocenters. The number of hydrogen-bond donors (Lipinski definition) is 2. The summed E-state index contributed by atoms with van der Waals surface area (Å²) in [5.41, 5.74) is 6.38. The number of amides is 2. The van der Waals surface area contributed by atoms with Crippen LogP contribution >= 0.6 is 0 Å². The van der Waals surface area contributed by atoms with Gasteiger partial charge in [-0.25, -0.2) is 9.78 Å². The Morgan fingerprint density at radius 3 is 2.92 bits per heavy atom. The Morgan fingerprint density at radius 1 is 1.69 bits per heavy atom. The van der Waals surface area contributed by atoms with Gasteiger partial charge in [0.1, 0.15) is 11.9 Å². The third-order valence-corrected chi connectivity index (χ3v) is 1.94. The summed E-state index contributed by atoms with van der Waals surface area (Å²) >= 11 is 0. The number of nitrogens with two attached hydrogens (primary N) is 1. The molecule has 1 aromatic rings. The molecule has 2 amide bonds. The smallest absolute Gasteiger partial charge is 0.343 e. The Hall–Kier alpha value is -1.85. The van der Waals surface area contributed by atoms with Crippen LogP contribution in [0.2, 0.25) is 0 Å². The van der Waals surface area contributed by atoms with Crippen LogP contribution in [0.1, 0.15) is 11.7 Å². The van der Waals surface area contributed by atoms with E-state index in [1.165, 1.54) is 0 Å². The van der Waals surface area contributed by atoms with Gasteiger partial charge in [0.15, 0.2) is 0 Å². The molecule has 0 bridgehead atoms. The van der Waals surface area contributed by atoms with E-state index in [9.17, 15) is 4.79 Å². The van der Waals surface area contributed by atoms with Gasteiger partial charge in [0.25, 0.3) is 0 Å². The molecule has 1 atom stereocenters. The summed E-state index contributed by atoms with van der Waals surface area (Å²) in [5, 5.41) is 2.62. The minimum atomic E-state index is -0.399. The molecule has 6 heteroatoms. The minimum absolute atomic E-state index is 0.286. The van der Waals surface area contributed by atoms with Crippen LogP contribution in [0.3, 0.4) is 0 Å². The number of imidazole rings is 1. The van der Waals surface area contributed by atoms with E-state index in [0.717, 1.165) is 5.69 Å². The van der Waals surface area contributed by atoms with Gasteiger partial charge in [0, 0.05) is 7.05 Å². The molecular weight excluding hydrogens is 170 g/mol. The Morgan fingerprint density at radius 2 is 2.46 bits per heavy atom. The van der Waals surface area contributed by atoms with E-state index in [0.29, 0.717) is 0 Å². The van der Waals surface area contributed by atoms with Gasteiger partial charge in [-0.15, -0.1) is 0 Å². The van der Waals surface area contributed by atoms with E-state index in [4.69, 9.17) is 5.73 Å². The number of aromatic nitrogens is 2. The van der Waals surface area contributed by atoms with Crippen molar-refractivity contribution >= 4 is 11.9 Å². The summed E-state index contributed by atoms with van der Waals surface area (Å²) in [6, 6.07) is -0.733. The van der Waals surface area contributed by atoms with Crippen LogP contribution in [0.5, 0.6) is 0 Å². The first-order valence-electron chi connectivity index (χ1n) is 3.79. The molecule has 1 aromatic heterocycles. The highest BCUT2D eigenvalue weighted by Crippen LogP contribution is 2.15. The van der Waals surface area contributed by atoms with Crippen molar-refractivity contribution in [2.75, 3.05) is 0 Å². The van der Waals surface area contributed by atoms with E-state index in [1.54, 1.807) is 17.1 Å². The summed E-state index contributed by atoms with van der Waals surface area (Å²) in [6.07, 6.45) is 3.30. The maximum absolute atomic E-state index is 10.9. The van der Waals surface area contributed by atoms with Crippen LogP contribution in [-0.4, -0.2) is 21.4 Å². The summed E-state index contributed by atoms with van der Waals surface area (Å²) in [5.74, 6) is 0.286. The molecular formula is C7H9N5O. The van der Waals surface area contributed by atoms with Gasteiger partial charge in [0.05, 0.1) is 18.2 Å². The quantitative estimate of drug-likeness (QED) is 0.611. The first-order chi connectivity index (χ1) is 6.18. The lowest BCUT2D eigenvalue weighted by molar-refractivity contribution is 0.250. The predicted octanol–water partition coefficient (Wildman–Crippen LogP) is -0.458. The van der Waals surface area contributed by atoms with Crippen molar-refractivity contribution in [3.63, 3.8) is 0 Å². The van der Waals surface area contributed by atoms with Gasteiger partial charge in [-0.05, 0) is 0 Å². The van der Waals surface area contributed by atoms with Gasteiger partial charge >= 0.3 is 6.03 Å². The third-order valence-electron chi connectivity index (χ3n) is 1.94. The van der Waals surface area contributed by atoms with Gasteiger partial charge in [-0.2, -0.15) is 4.99 Å². The topological polar surface area (TPSA) is 85.3 Å². The van der Waals surface area contributed by atoms with Crippen molar-refractivity contribution < 1.29 is 4.79 Å². The van der Waals surface area contributed by atoms with Crippen LogP contribution < -0.4 is 11.1 Å².